The molecule has 1 fully saturated rings. The molecule has 0 aliphatic carbocycles. The van der Waals surface area contributed by atoms with E-state index in [9.17, 15) is 0 Å². The Labute approximate surface area is 193 Å². The van der Waals surface area contributed by atoms with Crippen LogP contribution in [0.4, 0.5) is 17.2 Å². The van der Waals surface area contributed by atoms with Gasteiger partial charge < -0.3 is 14.5 Å². The van der Waals surface area contributed by atoms with Crippen LogP contribution in [0.3, 0.4) is 0 Å². The monoisotopic (exact) mass is 438 g/mol. The van der Waals surface area contributed by atoms with Gasteiger partial charge in [-0.15, -0.1) is 0 Å². The molecule has 1 aliphatic rings. The largest absolute Gasteiger partial charge is 0.497 e. The van der Waals surface area contributed by atoms with Gasteiger partial charge in [0.2, 0.25) is 0 Å². The second-order valence-electron chi connectivity index (χ2n) is 7.88. The van der Waals surface area contributed by atoms with Gasteiger partial charge in [-0.05, 0) is 54.1 Å². The number of benzene rings is 3. The lowest BCUT2D eigenvalue weighted by Crippen LogP contribution is -2.46. The first-order valence-corrected chi connectivity index (χ1v) is 11.0. The zero-order valence-corrected chi connectivity index (χ0v) is 18.6. The van der Waals surface area contributed by atoms with Crippen molar-refractivity contribution in [1.29, 1.82) is 0 Å². The second kappa shape index (κ2) is 9.56. The highest BCUT2D eigenvalue weighted by molar-refractivity contribution is 5.81. The van der Waals surface area contributed by atoms with E-state index in [2.05, 4.69) is 66.7 Å². The summed E-state index contributed by atoms with van der Waals surface area (Å²) in [6.45, 7) is 3.96. The van der Waals surface area contributed by atoms with Crippen molar-refractivity contribution in [3.05, 3.63) is 84.6 Å². The summed E-state index contributed by atoms with van der Waals surface area (Å²) in [6, 6.07) is 24.5. The van der Waals surface area contributed by atoms with Crippen LogP contribution in [0.5, 0.6) is 5.75 Å². The van der Waals surface area contributed by atoms with Gasteiger partial charge >= 0.3 is 0 Å². The summed E-state index contributed by atoms with van der Waals surface area (Å²) >= 11 is 0. The summed E-state index contributed by atoms with van der Waals surface area (Å²) in [7, 11) is 1.70. The maximum atomic E-state index is 5.26. The maximum Gasteiger partial charge on any atom is 0.165 e. The second-order valence-corrected chi connectivity index (χ2v) is 7.88. The van der Waals surface area contributed by atoms with Crippen molar-refractivity contribution < 1.29 is 4.74 Å². The molecular weight excluding hydrogens is 412 g/mol. The normalized spacial score (nSPS) is 14.1. The number of aromatic nitrogens is 2. The molecule has 166 valence electrons. The number of ether oxygens (including phenoxy) is 1. The van der Waals surface area contributed by atoms with Crippen LogP contribution < -0.4 is 20.0 Å². The molecule has 0 atom stereocenters. The highest BCUT2D eigenvalue weighted by Gasteiger charge is 2.17. The average Bonchev–Trinajstić information content (AvgIpc) is 2.89. The molecule has 7 heteroatoms. The minimum Gasteiger partial charge on any atom is -0.497 e. The molecule has 1 N–H and O–H groups in total. The lowest BCUT2D eigenvalue weighted by atomic mass is 10.2. The Morgan fingerprint density at radius 3 is 2.06 bits per heavy atom. The first kappa shape index (κ1) is 20.8. The lowest BCUT2D eigenvalue weighted by molar-refractivity contribution is 0.415. The van der Waals surface area contributed by atoms with Crippen LogP contribution in [0.1, 0.15) is 5.56 Å². The number of nitrogens with one attached hydrogen (secondary N) is 1. The van der Waals surface area contributed by atoms with Gasteiger partial charge in [0.1, 0.15) is 5.75 Å². The van der Waals surface area contributed by atoms with E-state index >= 15 is 0 Å². The third-order valence-electron chi connectivity index (χ3n) is 5.82. The Kier molecular flexibility index (Phi) is 6.01. The van der Waals surface area contributed by atoms with E-state index in [-0.39, 0.29) is 0 Å². The molecule has 4 aromatic rings. The van der Waals surface area contributed by atoms with Crippen LogP contribution >= 0.6 is 0 Å². The summed E-state index contributed by atoms with van der Waals surface area (Å²) in [5, 5.41) is 4.31. The molecule has 0 unspecified atom stereocenters. The zero-order valence-electron chi connectivity index (χ0n) is 18.6. The lowest BCUT2D eigenvalue weighted by Gasteiger charge is -2.37. The highest BCUT2D eigenvalue weighted by Crippen LogP contribution is 2.23. The van der Waals surface area contributed by atoms with Crippen LogP contribution in [-0.4, -0.2) is 49.5 Å². The quantitative estimate of drug-likeness (QED) is 0.355. The number of nitrogens with zero attached hydrogens (tertiary/aromatic N) is 5. The minimum absolute atomic E-state index is 0.622. The smallest absolute Gasteiger partial charge is 0.165 e. The van der Waals surface area contributed by atoms with Crippen molar-refractivity contribution >= 4 is 34.4 Å². The van der Waals surface area contributed by atoms with Gasteiger partial charge in [-0.2, -0.15) is 5.10 Å². The Hall–Kier alpha value is -4.13. The van der Waals surface area contributed by atoms with Crippen molar-refractivity contribution in [3.8, 4) is 5.75 Å². The van der Waals surface area contributed by atoms with Gasteiger partial charge in [0, 0.05) is 37.6 Å². The van der Waals surface area contributed by atoms with Crippen LogP contribution in [0.15, 0.2) is 84.1 Å². The summed E-state index contributed by atoms with van der Waals surface area (Å²) < 4.78 is 5.26. The fraction of sp³-hybridized carbons (Fsp3) is 0.192. The summed E-state index contributed by atoms with van der Waals surface area (Å²) in [5.74, 6) is 1.51. The first-order chi connectivity index (χ1) is 16.3. The molecule has 0 radical (unpaired) electrons. The van der Waals surface area contributed by atoms with Crippen LogP contribution in [-0.2, 0) is 0 Å². The van der Waals surface area contributed by atoms with Gasteiger partial charge in [0.25, 0.3) is 0 Å². The number of rotatable bonds is 6. The fourth-order valence-corrected chi connectivity index (χ4v) is 3.97. The third kappa shape index (κ3) is 4.87. The van der Waals surface area contributed by atoms with E-state index in [0.717, 1.165) is 48.5 Å². The zero-order chi connectivity index (χ0) is 22.5. The molecule has 3 aromatic carbocycles. The van der Waals surface area contributed by atoms with E-state index in [0.29, 0.717) is 5.82 Å². The van der Waals surface area contributed by atoms with Crippen molar-refractivity contribution in [2.45, 2.75) is 0 Å². The predicted molar refractivity (Wildman–Crippen MR) is 135 cm³/mol. The molecule has 33 heavy (non-hydrogen) atoms. The van der Waals surface area contributed by atoms with Crippen molar-refractivity contribution in [1.82, 2.24) is 9.97 Å². The number of fused-ring (bicyclic) bond motifs is 1. The van der Waals surface area contributed by atoms with Gasteiger partial charge in [-0.25, -0.2) is 4.98 Å². The Morgan fingerprint density at radius 2 is 1.42 bits per heavy atom. The van der Waals surface area contributed by atoms with Gasteiger partial charge in [0.05, 0.1) is 30.6 Å². The standard InChI is InChI=1S/C26H26N6O/c1-33-23-12-10-22(11-13-23)32-16-14-31(15-17-32)21-8-6-20(7-9-21)18-28-30-26-19-27-24-4-2-3-5-25(24)29-26/h2-13,18-19H,14-17H2,1H3,(H,29,30). The van der Waals surface area contributed by atoms with Crippen molar-refractivity contribution in [3.63, 3.8) is 0 Å². The predicted octanol–water partition coefficient (Wildman–Crippen LogP) is 4.41. The minimum atomic E-state index is 0.622. The topological polar surface area (TPSA) is 65.9 Å². The van der Waals surface area contributed by atoms with E-state index in [1.807, 2.05) is 36.4 Å². The SMILES string of the molecule is COc1ccc(N2CCN(c3ccc(C=NNc4cnc5ccccc5n4)cc3)CC2)cc1. The van der Waals surface area contributed by atoms with E-state index in [1.165, 1.54) is 11.4 Å². The average molecular weight is 439 g/mol. The highest BCUT2D eigenvalue weighted by atomic mass is 16.5. The number of piperazine rings is 1. The Morgan fingerprint density at radius 1 is 0.818 bits per heavy atom. The molecule has 5 rings (SSSR count). The molecule has 0 amide bonds. The molecule has 1 aromatic heterocycles. The summed E-state index contributed by atoms with van der Waals surface area (Å²) in [4.78, 5) is 13.7. The maximum absolute atomic E-state index is 5.26. The third-order valence-corrected chi connectivity index (χ3v) is 5.82. The Balaban J connectivity index is 1.15. The van der Waals surface area contributed by atoms with Crippen LogP contribution in [0.25, 0.3) is 11.0 Å². The number of hydrogen-bond acceptors (Lipinski definition) is 7. The fourth-order valence-electron chi connectivity index (χ4n) is 3.97. The summed E-state index contributed by atoms with van der Waals surface area (Å²) in [5.41, 5.74) is 8.17. The first-order valence-electron chi connectivity index (χ1n) is 11.0. The number of methoxy groups -OCH3 is 1. The molecular formula is C26H26N6O. The van der Waals surface area contributed by atoms with E-state index < -0.39 is 0 Å². The molecule has 1 saturated heterocycles. The molecule has 0 bridgehead atoms. The van der Waals surface area contributed by atoms with E-state index in [1.54, 1.807) is 19.5 Å². The van der Waals surface area contributed by atoms with Gasteiger partial charge in [-0.1, -0.05) is 24.3 Å². The van der Waals surface area contributed by atoms with Gasteiger partial charge in [0.15, 0.2) is 5.82 Å². The van der Waals surface area contributed by atoms with Crippen LogP contribution in [0.2, 0.25) is 0 Å². The number of hydrazone groups is 1. The number of hydrogen-bond donors (Lipinski definition) is 1. The van der Waals surface area contributed by atoms with Gasteiger partial charge in [-0.3, -0.25) is 10.4 Å². The molecule has 2 heterocycles. The van der Waals surface area contributed by atoms with Crippen molar-refractivity contribution in [2.75, 3.05) is 48.5 Å². The van der Waals surface area contributed by atoms with Crippen LogP contribution in [0, 0.1) is 0 Å². The Bertz CT molecular complexity index is 1230. The number of para-hydroxylation sites is 2. The number of anilines is 3. The molecule has 0 saturated carbocycles. The van der Waals surface area contributed by atoms with E-state index in [4.69, 9.17) is 4.74 Å². The molecule has 7 nitrogen and oxygen atoms in total. The summed E-state index contributed by atoms with van der Waals surface area (Å²) in [6.07, 6.45) is 3.48. The van der Waals surface area contributed by atoms with Crippen molar-refractivity contribution in [2.24, 2.45) is 5.10 Å². The molecule has 0 spiro atoms. The molecule has 1 aliphatic heterocycles.